The van der Waals surface area contributed by atoms with Crippen LogP contribution in [-0.2, 0) is 22.6 Å². The molecule has 1 amide bonds. The molecule has 1 unspecified atom stereocenters. The van der Waals surface area contributed by atoms with Crippen molar-refractivity contribution in [3.05, 3.63) is 31.3 Å². The van der Waals surface area contributed by atoms with Crippen LogP contribution in [0.3, 0.4) is 0 Å². The first-order valence-electron chi connectivity index (χ1n) is 8.83. The van der Waals surface area contributed by atoms with E-state index in [1.165, 1.54) is 29.2 Å². The molecule has 10 nitrogen and oxygen atoms in total. The first-order chi connectivity index (χ1) is 13.4. The van der Waals surface area contributed by atoms with Crippen LogP contribution in [0.15, 0.2) is 14.7 Å². The maximum atomic E-state index is 13.0. The highest BCUT2D eigenvalue weighted by molar-refractivity contribution is 7.20. The second kappa shape index (κ2) is 8.67. The lowest BCUT2D eigenvalue weighted by Gasteiger charge is -2.15. The molecule has 0 radical (unpaired) electrons. The van der Waals surface area contributed by atoms with Gasteiger partial charge in [0.05, 0.1) is 42.3 Å². The lowest BCUT2D eigenvalue weighted by molar-refractivity contribution is 0.0964. The Hall–Kier alpha value is -2.50. The highest BCUT2D eigenvalue weighted by atomic mass is 32.1. The summed E-state index contributed by atoms with van der Waals surface area (Å²) in [5, 5.41) is 12.7. The van der Waals surface area contributed by atoms with E-state index in [1.54, 1.807) is 11.5 Å². The van der Waals surface area contributed by atoms with Crippen LogP contribution in [0.5, 0.6) is 0 Å². The van der Waals surface area contributed by atoms with Crippen molar-refractivity contribution < 1.29 is 19.4 Å². The largest absolute Gasteiger partial charge is 0.464 e. The van der Waals surface area contributed by atoms with Crippen molar-refractivity contribution in [3.63, 3.8) is 0 Å². The molecule has 0 spiro atoms. The van der Waals surface area contributed by atoms with Gasteiger partial charge in [-0.25, -0.2) is 15.0 Å². The predicted octanol–water partition coefficient (Wildman–Crippen LogP) is 0.960. The first kappa shape index (κ1) is 20.2. The Morgan fingerprint density at radius 1 is 1.46 bits per heavy atom. The van der Waals surface area contributed by atoms with E-state index < -0.39 is 11.8 Å². The summed E-state index contributed by atoms with van der Waals surface area (Å²) in [5.74, 6) is 0. The zero-order chi connectivity index (χ0) is 20.3. The molecule has 2 aromatic heterocycles. The van der Waals surface area contributed by atoms with Crippen LogP contribution >= 0.6 is 11.3 Å². The minimum atomic E-state index is -1.28. The molecular formula is C17H22N4O6S. The third-order valence-corrected chi connectivity index (χ3v) is 5.85. The van der Waals surface area contributed by atoms with Crippen LogP contribution < -0.4 is 16.7 Å². The summed E-state index contributed by atoms with van der Waals surface area (Å²) in [6, 6.07) is 0. The molecule has 1 aliphatic rings. The molecule has 0 bridgehead atoms. The Balaban J connectivity index is 2.16. The van der Waals surface area contributed by atoms with Gasteiger partial charge in [0.1, 0.15) is 4.83 Å². The van der Waals surface area contributed by atoms with E-state index in [1.807, 2.05) is 5.43 Å². The minimum absolute atomic E-state index is 0.0810. The normalized spacial score (nSPS) is 17.0. The van der Waals surface area contributed by atoms with E-state index >= 15 is 0 Å². The summed E-state index contributed by atoms with van der Waals surface area (Å²) in [6.07, 6.45) is 1.77. The minimum Gasteiger partial charge on any atom is -0.464 e. The molecule has 2 aromatic rings. The van der Waals surface area contributed by atoms with Crippen molar-refractivity contribution in [1.82, 2.24) is 14.6 Å². The molecule has 0 aliphatic carbocycles. The summed E-state index contributed by atoms with van der Waals surface area (Å²) in [4.78, 5) is 37.7. The van der Waals surface area contributed by atoms with Crippen LogP contribution in [0.25, 0.3) is 10.2 Å². The zero-order valence-electron chi connectivity index (χ0n) is 15.6. The molecule has 1 atom stereocenters. The number of nitrogens with one attached hydrogen (secondary N) is 1. The van der Waals surface area contributed by atoms with Crippen molar-refractivity contribution in [2.45, 2.75) is 39.0 Å². The van der Waals surface area contributed by atoms with Gasteiger partial charge in [-0.1, -0.05) is 0 Å². The number of rotatable bonds is 7. The van der Waals surface area contributed by atoms with E-state index in [0.29, 0.717) is 33.8 Å². The standard InChI is InChI=1S/C17H22N4O6S/c1-10-12(8-18-19-16(23)24)28-15-13(10)14(22)20(5-7-26-2)17(25)21(15)9-11-4-3-6-27-11/h8,11,19H,3-7,9H2,1-2H3,(H,23,24). The van der Waals surface area contributed by atoms with Crippen LogP contribution in [0.1, 0.15) is 23.3 Å². The fourth-order valence-electron chi connectivity index (χ4n) is 3.21. The number of nitrogens with zero attached hydrogens (tertiary/aromatic N) is 3. The lowest BCUT2D eigenvalue weighted by Crippen LogP contribution is -2.42. The number of ether oxygens (including phenoxy) is 2. The number of methoxy groups -OCH3 is 1. The number of hydrogen-bond donors (Lipinski definition) is 2. The fourth-order valence-corrected chi connectivity index (χ4v) is 4.39. The Bertz CT molecular complexity index is 1020. The predicted molar refractivity (Wildman–Crippen MR) is 105 cm³/mol. The second-order valence-electron chi connectivity index (χ2n) is 6.42. The number of carbonyl (C=O) groups is 1. The van der Waals surface area contributed by atoms with Crippen LogP contribution in [-0.4, -0.2) is 53.0 Å². The van der Waals surface area contributed by atoms with Crippen molar-refractivity contribution in [2.24, 2.45) is 5.10 Å². The number of hydrazone groups is 1. The van der Waals surface area contributed by atoms with E-state index in [4.69, 9.17) is 14.6 Å². The number of fused-ring (bicyclic) bond motifs is 1. The summed E-state index contributed by atoms with van der Waals surface area (Å²) in [6.45, 7) is 3.15. The molecule has 2 N–H and O–H groups in total. The van der Waals surface area contributed by atoms with E-state index in [9.17, 15) is 14.4 Å². The fraction of sp³-hybridized carbons (Fsp3) is 0.529. The number of thiophene rings is 1. The molecule has 0 saturated carbocycles. The highest BCUT2D eigenvalue weighted by Gasteiger charge is 2.23. The Morgan fingerprint density at radius 3 is 2.89 bits per heavy atom. The SMILES string of the molecule is COCCn1c(=O)c2c(C)c(C=NNC(=O)O)sc2n(CC2CCCO2)c1=O. The van der Waals surface area contributed by atoms with Crippen molar-refractivity contribution >= 4 is 33.9 Å². The van der Waals surface area contributed by atoms with Gasteiger partial charge < -0.3 is 14.6 Å². The van der Waals surface area contributed by atoms with Gasteiger partial charge in [0.2, 0.25) is 0 Å². The van der Waals surface area contributed by atoms with Crippen molar-refractivity contribution in [1.29, 1.82) is 0 Å². The summed E-state index contributed by atoms with van der Waals surface area (Å²) in [5.41, 5.74) is 1.76. The Kier molecular flexibility index (Phi) is 6.27. The summed E-state index contributed by atoms with van der Waals surface area (Å²) in [7, 11) is 1.51. The molecule has 1 saturated heterocycles. The maximum absolute atomic E-state index is 13.0. The maximum Gasteiger partial charge on any atom is 0.425 e. The third-order valence-electron chi connectivity index (χ3n) is 4.60. The molecule has 28 heavy (non-hydrogen) atoms. The van der Waals surface area contributed by atoms with Gasteiger partial charge in [-0.2, -0.15) is 5.10 Å². The van der Waals surface area contributed by atoms with E-state index in [-0.39, 0.29) is 24.8 Å². The smallest absolute Gasteiger partial charge is 0.425 e. The van der Waals surface area contributed by atoms with Crippen molar-refractivity contribution in [2.75, 3.05) is 20.3 Å². The number of aromatic nitrogens is 2. The number of aryl methyl sites for hydroxylation is 1. The van der Waals surface area contributed by atoms with Crippen LogP contribution in [0.2, 0.25) is 0 Å². The third kappa shape index (κ3) is 4.01. The van der Waals surface area contributed by atoms with Gasteiger partial charge in [-0.05, 0) is 25.3 Å². The molecule has 0 aromatic carbocycles. The lowest BCUT2D eigenvalue weighted by atomic mass is 10.2. The molecule has 3 heterocycles. The Labute approximate surface area is 164 Å². The molecule has 1 aliphatic heterocycles. The number of hydrogen-bond acceptors (Lipinski definition) is 7. The van der Waals surface area contributed by atoms with Gasteiger partial charge in [0.15, 0.2) is 0 Å². The van der Waals surface area contributed by atoms with Gasteiger partial charge in [0, 0.05) is 13.7 Å². The van der Waals surface area contributed by atoms with Gasteiger partial charge in [-0.15, -0.1) is 11.3 Å². The molecular weight excluding hydrogens is 388 g/mol. The average molecular weight is 410 g/mol. The number of amides is 1. The Morgan fingerprint density at radius 2 is 2.25 bits per heavy atom. The topological polar surface area (TPSA) is 124 Å². The quantitative estimate of drug-likeness (QED) is 0.518. The van der Waals surface area contributed by atoms with Crippen LogP contribution in [0.4, 0.5) is 4.79 Å². The summed E-state index contributed by atoms with van der Waals surface area (Å²) >= 11 is 1.23. The second-order valence-corrected chi connectivity index (χ2v) is 7.46. The monoisotopic (exact) mass is 410 g/mol. The van der Waals surface area contributed by atoms with E-state index in [2.05, 4.69) is 5.10 Å². The van der Waals surface area contributed by atoms with Crippen molar-refractivity contribution in [3.8, 4) is 0 Å². The zero-order valence-corrected chi connectivity index (χ0v) is 16.5. The average Bonchev–Trinajstić information content (AvgIpc) is 3.27. The summed E-state index contributed by atoms with van der Waals surface area (Å²) < 4.78 is 13.5. The van der Waals surface area contributed by atoms with Crippen LogP contribution in [0, 0.1) is 6.92 Å². The first-order valence-corrected chi connectivity index (χ1v) is 9.65. The molecule has 3 rings (SSSR count). The van der Waals surface area contributed by atoms with Gasteiger partial charge in [-0.3, -0.25) is 13.9 Å². The van der Waals surface area contributed by atoms with E-state index in [0.717, 1.165) is 12.8 Å². The number of carboxylic acid groups (broad SMARTS) is 1. The van der Waals surface area contributed by atoms with Gasteiger partial charge in [0.25, 0.3) is 5.56 Å². The molecule has 11 heteroatoms. The van der Waals surface area contributed by atoms with Gasteiger partial charge >= 0.3 is 11.8 Å². The molecule has 1 fully saturated rings. The highest BCUT2D eigenvalue weighted by Crippen LogP contribution is 2.27. The molecule has 152 valence electrons.